The summed E-state index contributed by atoms with van der Waals surface area (Å²) >= 11 is 1.31. The van der Waals surface area contributed by atoms with Gasteiger partial charge in [0.15, 0.2) is 6.10 Å². The highest BCUT2D eigenvalue weighted by Gasteiger charge is 2.28. The molecule has 1 aliphatic heterocycles. The summed E-state index contributed by atoms with van der Waals surface area (Å²) in [5.41, 5.74) is 0. The summed E-state index contributed by atoms with van der Waals surface area (Å²) in [6.45, 7) is 5.47. The Labute approximate surface area is 103 Å². The van der Waals surface area contributed by atoms with Gasteiger partial charge in [0.25, 0.3) is 0 Å². The number of carboxylic acid groups (broad SMARTS) is 1. The fourth-order valence-electron chi connectivity index (χ4n) is 1.56. The second-order valence-corrected chi connectivity index (χ2v) is 4.96. The fraction of sp³-hybridized carbons (Fsp3) is 0.700. The third-order valence-corrected chi connectivity index (χ3v) is 3.35. The SMILES string of the molecule is CC(C)c1nsc(N2CCOC(C(=O)O)C2)n1. The molecule has 7 heteroatoms. The maximum absolute atomic E-state index is 10.9. The van der Waals surface area contributed by atoms with Crippen molar-refractivity contribution >= 4 is 22.6 Å². The third kappa shape index (κ3) is 2.73. The molecule has 1 aromatic heterocycles. The van der Waals surface area contributed by atoms with Crippen LogP contribution in [0.25, 0.3) is 0 Å². The Balaban J connectivity index is 2.08. The van der Waals surface area contributed by atoms with Crippen LogP contribution in [0.3, 0.4) is 0 Å². The number of carbonyl (C=O) groups is 1. The largest absolute Gasteiger partial charge is 0.479 e. The molecule has 1 aliphatic rings. The van der Waals surface area contributed by atoms with Crippen molar-refractivity contribution in [2.24, 2.45) is 0 Å². The van der Waals surface area contributed by atoms with Gasteiger partial charge in [0, 0.05) is 24.0 Å². The molecule has 0 aromatic carbocycles. The molecule has 1 saturated heterocycles. The van der Waals surface area contributed by atoms with Gasteiger partial charge in [0.2, 0.25) is 5.13 Å². The van der Waals surface area contributed by atoms with E-state index in [1.807, 2.05) is 18.7 Å². The van der Waals surface area contributed by atoms with Crippen LogP contribution in [0.15, 0.2) is 0 Å². The van der Waals surface area contributed by atoms with Crippen molar-refractivity contribution in [3.63, 3.8) is 0 Å². The molecule has 0 spiro atoms. The second-order valence-electron chi connectivity index (χ2n) is 4.23. The van der Waals surface area contributed by atoms with E-state index < -0.39 is 12.1 Å². The summed E-state index contributed by atoms with van der Waals surface area (Å²) in [6, 6.07) is 0. The minimum absolute atomic E-state index is 0.288. The number of nitrogens with zero attached hydrogens (tertiary/aromatic N) is 3. The van der Waals surface area contributed by atoms with Crippen LogP contribution in [0.2, 0.25) is 0 Å². The summed E-state index contributed by atoms with van der Waals surface area (Å²) in [7, 11) is 0. The van der Waals surface area contributed by atoms with E-state index in [0.717, 1.165) is 11.0 Å². The number of rotatable bonds is 3. The Morgan fingerprint density at radius 1 is 1.65 bits per heavy atom. The van der Waals surface area contributed by atoms with Crippen molar-refractivity contribution in [1.82, 2.24) is 9.36 Å². The molecule has 0 radical (unpaired) electrons. The molecular weight excluding hydrogens is 242 g/mol. The fourth-order valence-corrected chi connectivity index (χ4v) is 2.40. The molecule has 1 N–H and O–H groups in total. The molecule has 0 bridgehead atoms. The predicted molar refractivity (Wildman–Crippen MR) is 63.6 cm³/mol. The van der Waals surface area contributed by atoms with Crippen molar-refractivity contribution in [3.8, 4) is 0 Å². The minimum atomic E-state index is -0.928. The lowest BCUT2D eigenvalue weighted by atomic mass is 10.2. The van der Waals surface area contributed by atoms with Gasteiger partial charge < -0.3 is 14.7 Å². The van der Waals surface area contributed by atoms with Crippen molar-refractivity contribution in [3.05, 3.63) is 5.82 Å². The number of aromatic nitrogens is 2. The predicted octanol–water partition coefficient (Wildman–Crippen LogP) is 0.951. The number of aliphatic carboxylic acids is 1. The van der Waals surface area contributed by atoms with Crippen LogP contribution in [0, 0.1) is 0 Å². The molecule has 0 saturated carbocycles. The summed E-state index contributed by atoms with van der Waals surface area (Å²) in [5.74, 6) is 0.169. The van der Waals surface area contributed by atoms with Gasteiger partial charge in [-0.25, -0.2) is 9.78 Å². The highest BCUT2D eigenvalue weighted by molar-refractivity contribution is 7.09. The van der Waals surface area contributed by atoms with Gasteiger partial charge in [-0.05, 0) is 0 Å². The van der Waals surface area contributed by atoms with Gasteiger partial charge in [0.1, 0.15) is 5.82 Å². The first-order valence-electron chi connectivity index (χ1n) is 5.51. The summed E-state index contributed by atoms with van der Waals surface area (Å²) in [6.07, 6.45) is -0.768. The quantitative estimate of drug-likeness (QED) is 0.869. The zero-order valence-electron chi connectivity index (χ0n) is 9.79. The van der Waals surface area contributed by atoms with Crippen LogP contribution in [-0.2, 0) is 9.53 Å². The number of hydrogen-bond acceptors (Lipinski definition) is 6. The number of carboxylic acids is 1. The summed E-state index contributed by atoms with van der Waals surface area (Å²) in [5, 5.41) is 9.69. The average molecular weight is 257 g/mol. The first-order chi connectivity index (χ1) is 8.08. The van der Waals surface area contributed by atoms with E-state index in [4.69, 9.17) is 9.84 Å². The standard InChI is InChI=1S/C10H15N3O3S/c1-6(2)8-11-10(17-12-8)13-3-4-16-7(5-13)9(14)15/h6-7H,3-5H2,1-2H3,(H,14,15). The van der Waals surface area contributed by atoms with Crippen molar-refractivity contribution < 1.29 is 14.6 Å². The second kappa shape index (κ2) is 4.97. The van der Waals surface area contributed by atoms with E-state index in [1.54, 1.807) is 0 Å². The van der Waals surface area contributed by atoms with Crippen molar-refractivity contribution in [1.29, 1.82) is 0 Å². The Kier molecular flexibility index (Phi) is 3.58. The van der Waals surface area contributed by atoms with E-state index in [1.165, 1.54) is 11.5 Å². The first-order valence-corrected chi connectivity index (χ1v) is 6.28. The summed E-state index contributed by atoms with van der Waals surface area (Å²) < 4.78 is 9.42. The molecule has 94 valence electrons. The molecule has 17 heavy (non-hydrogen) atoms. The minimum Gasteiger partial charge on any atom is -0.479 e. The van der Waals surface area contributed by atoms with E-state index >= 15 is 0 Å². The number of anilines is 1. The van der Waals surface area contributed by atoms with E-state index in [2.05, 4.69) is 9.36 Å². The van der Waals surface area contributed by atoms with Crippen molar-refractivity contribution in [2.45, 2.75) is 25.9 Å². The van der Waals surface area contributed by atoms with E-state index in [0.29, 0.717) is 19.7 Å². The van der Waals surface area contributed by atoms with Crippen LogP contribution in [0.5, 0.6) is 0 Å². The molecular formula is C10H15N3O3S. The van der Waals surface area contributed by atoms with Crippen LogP contribution in [-0.4, -0.2) is 46.2 Å². The van der Waals surface area contributed by atoms with Gasteiger partial charge >= 0.3 is 5.97 Å². The molecule has 2 heterocycles. The Hall–Kier alpha value is -1.21. The van der Waals surface area contributed by atoms with E-state index in [-0.39, 0.29) is 5.92 Å². The molecule has 6 nitrogen and oxygen atoms in total. The Morgan fingerprint density at radius 2 is 2.41 bits per heavy atom. The Bertz CT molecular complexity index is 407. The normalized spacial score (nSPS) is 20.9. The number of hydrogen-bond donors (Lipinski definition) is 1. The zero-order chi connectivity index (χ0) is 12.4. The highest BCUT2D eigenvalue weighted by Crippen LogP contribution is 2.23. The lowest BCUT2D eigenvalue weighted by Crippen LogP contribution is -2.46. The molecule has 0 aliphatic carbocycles. The molecule has 0 amide bonds. The molecule has 1 fully saturated rings. The number of morpholine rings is 1. The van der Waals surface area contributed by atoms with E-state index in [9.17, 15) is 4.79 Å². The summed E-state index contributed by atoms with van der Waals surface area (Å²) in [4.78, 5) is 17.2. The van der Waals surface area contributed by atoms with Gasteiger partial charge in [-0.15, -0.1) is 0 Å². The monoisotopic (exact) mass is 257 g/mol. The maximum Gasteiger partial charge on any atom is 0.334 e. The van der Waals surface area contributed by atoms with Crippen molar-refractivity contribution in [2.75, 3.05) is 24.6 Å². The van der Waals surface area contributed by atoms with Crippen LogP contribution in [0.1, 0.15) is 25.6 Å². The molecule has 1 unspecified atom stereocenters. The zero-order valence-corrected chi connectivity index (χ0v) is 10.6. The van der Waals surface area contributed by atoms with Crippen LogP contribution < -0.4 is 4.90 Å². The Morgan fingerprint density at radius 3 is 3.00 bits per heavy atom. The average Bonchev–Trinajstić information content (AvgIpc) is 2.78. The molecule has 1 atom stereocenters. The highest BCUT2D eigenvalue weighted by atomic mass is 32.1. The topological polar surface area (TPSA) is 75.6 Å². The number of ether oxygens (including phenoxy) is 1. The van der Waals surface area contributed by atoms with Gasteiger partial charge in [-0.2, -0.15) is 4.37 Å². The van der Waals surface area contributed by atoms with Crippen LogP contribution >= 0.6 is 11.5 Å². The van der Waals surface area contributed by atoms with Crippen LogP contribution in [0.4, 0.5) is 5.13 Å². The van der Waals surface area contributed by atoms with Gasteiger partial charge in [0.05, 0.1) is 13.2 Å². The molecule has 1 aromatic rings. The first kappa shape index (κ1) is 12.3. The smallest absolute Gasteiger partial charge is 0.334 e. The third-order valence-electron chi connectivity index (χ3n) is 2.56. The van der Waals surface area contributed by atoms with Gasteiger partial charge in [-0.3, -0.25) is 0 Å². The molecule has 2 rings (SSSR count). The lowest BCUT2D eigenvalue weighted by molar-refractivity contribution is -0.150. The van der Waals surface area contributed by atoms with Gasteiger partial charge in [-0.1, -0.05) is 13.8 Å². The maximum atomic E-state index is 10.9. The lowest BCUT2D eigenvalue weighted by Gasteiger charge is -2.30.